The molecule has 136 valence electrons. The van der Waals surface area contributed by atoms with Gasteiger partial charge in [-0.25, -0.2) is 4.79 Å². The summed E-state index contributed by atoms with van der Waals surface area (Å²) in [5.41, 5.74) is 0.812. The van der Waals surface area contributed by atoms with Gasteiger partial charge in [0, 0.05) is 22.0 Å². The molecule has 0 radical (unpaired) electrons. The molecule has 0 saturated carbocycles. The largest absolute Gasteiger partial charge is 0.459 e. The maximum absolute atomic E-state index is 12.3. The molecule has 4 nitrogen and oxygen atoms in total. The first-order valence-electron chi connectivity index (χ1n) is 8.60. The van der Waals surface area contributed by atoms with Gasteiger partial charge in [-0.2, -0.15) is 0 Å². The minimum absolute atomic E-state index is 0.108. The highest BCUT2D eigenvalue weighted by Gasteiger charge is 2.24. The standard InChI is InChI=1S/C20H26BrNO3/c1-5-22(6-2)13-20(3,4)14-24-19(23)18-12-11-17(25-18)15-7-9-16(21)10-8-15/h7-12H,5-6,13-14H2,1-4H3. The fraction of sp³-hybridized carbons (Fsp3) is 0.450. The fourth-order valence-electron chi connectivity index (χ4n) is 2.65. The number of hydrogen-bond acceptors (Lipinski definition) is 4. The Morgan fingerprint density at radius 3 is 2.36 bits per heavy atom. The van der Waals surface area contributed by atoms with Crippen LogP contribution in [0.25, 0.3) is 11.3 Å². The Hall–Kier alpha value is -1.59. The molecule has 0 spiro atoms. The average molecular weight is 408 g/mol. The topological polar surface area (TPSA) is 42.7 Å². The van der Waals surface area contributed by atoms with Crippen LogP contribution in [0.2, 0.25) is 0 Å². The summed E-state index contributed by atoms with van der Waals surface area (Å²) in [6, 6.07) is 11.2. The molecular weight excluding hydrogens is 382 g/mol. The number of nitrogens with zero attached hydrogens (tertiary/aromatic N) is 1. The van der Waals surface area contributed by atoms with Crippen molar-refractivity contribution in [1.29, 1.82) is 0 Å². The summed E-state index contributed by atoms with van der Waals surface area (Å²) in [4.78, 5) is 14.6. The quantitative estimate of drug-likeness (QED) is 0.561. The Labute approximate surface area is 158 Å². The summed E-state index contributed by atoms with van der Waals surface area (Å²) in [7, 11) is 0. The zero-order valence-electron chi connectivity index (χ0n) is 15.3. The smallest absolute Gasteiger partial charge is 0.374 e. The predicted octanol–water partition coefficient (Wildman–Crippen LogP) is 5.23. The summed E-state index contributed by atoms with van der Waals surface area (Å²) < 4.78 is 12.1. The number of ether oxygens (including phenoxy) is 1. The van der Waals surface area contributed by atoms with Crippen LogP contribution in [0.5, 0.6) is 0 Å². The van der Waals surface area contributed by atoms with Crippen molar-refractivity contribution in [3.8, 4) is 11.3 Å². The van der Waals surface area contributed by atoms with Crippen LogP contribution in [-0.2, 0) is 4.74 Å². The van der Waals surface area contributed by atoms with Gasteiger partial charge in [-0.05, 0) is 37.4 Å². The van der Waals surface area contributed by atoms with Crippen molar-refractivity contribution in [3.63, 3.8) is 0 Å². The Morgan fingerprint density at radius 1 is 1.12 bits per heavy atom. The first-order valence-corrected chi connectivity index (χ1v) is 9.39. The third-order valence-electron chi connectivity index (χ3n) is 4.08. The molecule has 0 bridgehead atoms. The summed E-state index contributed by atoms with van der Waals surface area (Å²) in [5.74, 6) is 0.467. The molecule has 1 aromatic heterocycles. The van der Waals surface area contributed by atoms with Gasteiger partial charge in [0.25, 0.3) is 0 Å². The maximum Gasteiger partial charge on any atom is 0.374 e. The summed E-state index contributed by atoms with van der Waals surface area (Å²) in [6.45, 7) is 11.7. The molecule has 0 unspecified atom stereocenters. The number of benzene rings is 1. The molecule has 0 atom stereocenters. The van der Waals surface area contributed by atoms with Crippen LogP contribution in [0.3, 0.4) is 0 Å². The van der Waals surface area contributed by atoms with Crippen molar-refractivity contribution < 1.29 is 13.9 Å². The number of esters is 1. The maximum atomic E-state index is 12.3. The molecule has 0 aliphatic rings. The molecule has 0 aliphatic carbocycles. The van der Waals surface area contributed by atoms with Crippen molar-refractivity contribution in [1.82, 2.24) is 4.90 Å². The molecule has 0 saturated heterocycles. The molecule has 0 N–H and O–H groups in total. The van der Waals surface area contributed by atoms with Gasteiger partial charge in [0.2, 0.25) is 5.76 Å². The van der Waals surface area contributed by atoms with E-state index < -0.39 is 5.97 Å². The highest BCUT2D eigenvalue weighted by molar-refractivity contribution is 9.10. The minimum atomic E-state index is -0.420. The van der Waals surface area contributed by atoms with E-state index in [9.17, 15) is 4.79 Å². The molecule has 0 amide bonds. The van der Waals surface area contributed by atoms with E-state index in [1.165, 1.54) is 0 Å². The molecule has 0 fully saturated rings. The zero-order chi connectivity index (χ0) is 18.4. The number of rotatable bonds is 8. The zero-order valence-corrected chi connectivity index (χ0v) is 16.9. The second kappa shape index (κ2) is 8.68. The van der Waals surface area contributed by atoms with Crippen molar-refractivity contribution in [2.75, 3.05) is 26.2 Å². The Bertz CT molecular complexity index is 687. The molecule has 2 aromatic rings. The second-order valence-corrected chi connectivity index (χ2v) is 7.79. The van der Waals surface area contributed by atoms with Crippen molar-refractivity contribution >= 4 is 21.9 Å². The lowest BCUT2D eigenvalue weighted by Crippen LogP contribution is -2.37. The van der Waals surface area contributed by atoms with Crippen LogP contribution in [0.1, 0.15) is 38.2 Å². The van der Waals surface area contributed by atoms with Gasteiger partial charge in [-0.1, -0.05) is 55.8 Å². The van der Waals surface area contributed by atoms with E-state index in [0.29, 0.717) is 12.4 Å². The van der Waals surface area contributed by atoms with E-state index in [4.69, 9.17) is 9.15 Å². The van der Waals surface area contributed by atoms with Crippen LogP contribution in [0.4, 0.5) is 0 Å². The Morgan fingerprint density at radius 2 is 1.76 bits per heavy atom. The monoisotopic (exact) mass is 407 g/mol. The Kier molecular flexibility index (Phi) is 6.85. The molecule has 5 heteroatoms. The van der Waals surface area contributed by atoms with E-state index in [2.05, 4.69) is 48.5 Å². The highest BCUT2D eigenvalue weighted by atomic mass is 79.9. The lowest BCUT2D eigenvalue weighted by molar-refractivity contribution is 0.0243. The van der Waals surface area contributed by atoms with Gasteiger partial charge in [-0.15, -0.1) is 0 Å². The molecule has 0 aliphatic heterocycles. The third-order valence-corrected chi connectivity index (χ3v) is 4.60. The fourth-order valence-corrected chi connectivity index (χ4v) is 2.91. The third kappa shape index (κ3) is 5.72. The van der Waals surface area contributed by atoms with E-state index in [1.807, 2.05) is 24.3 Å². The summed E-state index contributed by atoms with van der Waals surface area (Å²) in [5, 5.41) is 0. The van der Waals surface area contributed by atoms with Crippen molar-refractivity contribution in [2.24, 2.45) is 5.41 Å². The van der Waals surface area contributed by atoms with Crippen molar-refractivity contribution in [2.45, 2.75) is 27.7 Å². The summed E-state index contributed by atoms with van der Waals surface area (Å²) in [6.07, 6.45) is 0. The van der Waals surface area contributed by atoms with Crippen LogP contribution in [0.15, 0.2) is 45.3 Å². The SMILES string of the molecule is CCN(CC)CC(C)(C)COC(=O)c1ccc(-c2ccc(Br)cc2)o1. The van der Waals surface area contributed by atoms with E-state index in [0.717, 1.165) is 29.7 Å². The van der Waals surface area contributed by atoms with Gasteiger partial charge < -0.3 is 14.1 Å². The van der Waals surface area contributed by atoms with Crippen LogP contribution < -0.4 is 0 Å². The number of carbonyl (C=O) groups excluding carboxylic acids is 1. The molecule has 1 aromatic carbocycles. The van der Waals surface area contributed by atoms with Gasteiger partial charge in [0.1, 0.15) is 5.76 Å². The lowest BCUT2D eigenvalue weighted by Gasteiger charge is -2.30. The van der Waals surface area contributed by atoms with Crippen LogP contribution in [-0.4, -0.2) is 37.1 Å². The van der Waals surface area contributed by atoms with Gasteiger partial charge in [-0.3, -0.25) is 0 Å². The van der Waals surface area contributed by atoms with E-state index in [-0.39, 0.29) is 11.2 Å². The number of halogens is 1. The lowest BCUT2D eigenvalue weighted by atomic mass is 9.94. The molecule has 2 rings (SSSR count). The van der Waals surface area contributed by atoms with Crippen LogP contribution in [0, 0.1) is 5.41 Å². The minimum Gasteiger partial charge on any atom is -0.459 e. The second-order valence-electron chi connectivity index (χ2n) is 6.87. The molecule has 25 heavy (non-hydrogen) atoms. The normalized spacial score (nSPS) is 11.8. The van der Waals surface area contributed by atoms with Crippen molar-refractivity contribution in [3.05, 3.63) is 46.6 Å². The van der Waals surface area contributed by atoms with E-state index in [1.54, 1.807) is 12.1 Å². The van der Waals surface area contributed by atoms with Gasteiger partial charge >= 0.3 is 5.97 Å². The number of furan rings is 1. The summed E-state index contributed by atoms with van der Waals surface area (Å²) >= 11 is 3.40. The van der Waals surface area contributed by atoms with Gasteiger partial charge in [0.15, 0.2) is 0 Å². The highest BCUT2D eigenvalue weighted by Crippen LogP contribution is 2.25. The molecule has 1 heterocycles. The molecular formula is C20H26BrNO3. The first-order chi connectivity index (χ1) is 11.8. The van der Waals surface area contributed by atoms with E-state index >= 15 is 0 Å². The first kappa shape index (κ1) is 19.7. The predicted molar refractivity (Wildman–Crippen MR) is 104 cm³/mol. The number of hydrogen-bond donors (Lipinski definition) is 0. The average Bonchev–Trinajstić information content (AvgIpc) is 3.08. The Balaban J connectivity index is 1.96. The van der Waals surface area contributed by atoms with Crippen LogP contribution >= 0.6 is 15.9 Å². The number of carbonyl (C=O) groups is 1. The van der Waals surface area contributed by atoms with Gasteiger partial charge in [0.05, 0.1) is 6.61 Å².